The molecule has 1 N–H and O–H groups in total. The molecule has 0 bridgehead atoms. The predicted molar refractivity (Wildman–Crippen MR) is 92.5 cm³/mol. The number of nitrogens with one attached hydrogen (secondary N) is 1. The summed E-state index contributed by atoms with van der Waals surface area (Å²) >= 11 is 0. The third-order valence-corrected chi connectivity index (χ3v) is 3.61. The van der Waals surface area contributed by atoms with Crippen molar-refractivity contribution in [1.29, 1.82) is 0 Å². The third-order valence-electron chi connectivity index (χ3n) is 3.61. The zero-order valence-electron chi connectivity index (χ0n) is 15.1. The first-order valence-corrected chi connectivity index (χ1v) is 8.22. The van der Waals surface area contributed by atoms with Crippen molar-refractivity contribution in [3.63, 3.8) is 0 Å². The number of hydrogen-bond acceptors (Lipinski definition) is 5. The van der Waals surface area contributed by atoms with Crippen molar-refractivity contribution in [3.8, 4) is 5.75 Å². The van der Waals surface area contributed by atoms with E-state index in [2.05, 4.69) is 5.32 Å². The zero-order valence-corrected chi connectivity index (χ0v) is 15.1. The van der Waals surface area contributed by atoms with Crippen LogP contribution in [-0.4, -0.2) is 37.8 Å². The summed E-state index contributed by atoms with van der Waals surface area (Å²) in [4.78, 5) is 24.5. The highest BCUT2D eigenvalue weighted by atomic mass is 16.5. The Morgan fingerprint density at radius 1 is 1.17 bits per heavy atom. The Morgan fingerprint density at radius 3 is 2.42 bits per heavy atom. The minimum Gasteiger partial charge on any atom is -0.493 e. The van der Waals surface area contributed by atoms with Gasteiger partial charge >= 0.3 is 5.97 Å². The van der Waals surface area contributed by atoms with Gasteiger partial charge in [-0.25, -0.2) is 4.79 Å². The Kier molecular flexibility index (Phi) is 7.71. The summed E-state index contributed by atoms with van der Waals surface area (Å²) in [5.74, 6) is -0.342. The van der Waals surface area contributed by atoms with Gasteiger partial charge in [-0.05, 0) is 45.4 Å². The van der Waals surface area contributed by atoms with Gasteiger partial charge < -0.3 is 19.5 Å². The molecule has 134 valence electrons. The number of carbonyl (C=O) groups is 2. The summed E-state index contributed by atoms with van der Waals surface area (Å²) < 4.78 is 15.8. The van der Waals surface area contributed by atoms with Gasteiger partial charge in [-0.2, -0.15) is 0 Å². The van der Waals surface area contributed by atoms with Gasteiger partial charge in [-0.15, -0.1) is 0 Å². The van der Waals surface area contributed by atoms with Crippen LogP contribution in [0.5, 0.6) is 5.75 Å². The Labute approximate surface area is 143 Å². The van der Waals surface area contributed by atoms with Crippen molar-refractivity contribution in [2.45, 2.75) is 46.1 Å². The molecule has 0 aliphatic heterocycles. The van der Waals surface area contributed by atoms with Gasteiger partial charge in [0, 0.05) is 12.3 Å². The summed E-state index contributed by atoms with van der Waals surface area (Å²) in [6, 6.07) is 4.88. The lowest BCUT2D eigenvalue weighted by molar-refractivity contribution is -0.139. The maximum atomic E-state index is 12.6. The molecule has 1 amide bonds. The van der Waals surface area contributed by atoms with Crippen molar-refractivity contribution in [1.82, 2.24) is 0 Å². The van der Waals surface area contributed by atoms with Crippen molar-refractivity contribution in [3.05, 3.63) is 23.8 Å². The molecule has 0 aliphatic rings. The fourth-order valence-corrected chi connectivity index (χ4v) is 2.47. The highest BCUT2D eigenvalue weighted by Crippen LogP contribution is 2.26. The zero-order chi connectivity index (χ0) is 18.2. The van der Waals surface area contributed by atoms with Crippen LogP contribution in [0, 0.1) is 0 Å². The van der Waals surface area contributed by atoms with Crippen LogP contribution < -0.4 is 10.1 Å². The minimum atomic E-state index is -0.909. The number of amides is 1. The van der Waals surface area contributed by atoms with Crippen molar-refractivity contribution >= 4 is 17.6 Å². The molecule has 0 aliphatic carbocycles. The summed E-state index contributed by atoms with van der Waals surface area (Å²) in [7, 11) is 1.30. The summed E-state index contributed by atoms with van der Waals surface area (Å²) in [6.07, 6.45) is 1.42. The van der Waals surface area contributed by atoms with Crippen LogP contribution in [0.15, 0.2) is 18.2 Å². The highest BCUT2D eigenvalue weighted by Gasteiger charge is 2.33. The molecule has 6 heteroatoms. The minimum absolute atomic E-state index is 0.244. The first kappa shape index (κ1) is 20.0. The Morgan fingerprint density at radius 2 is 1.88 bits per heavy atom. The van der Waals surface area contributed by atoms with E-state index in [9.17, 15) is 9.59 Å². The van der Waals surface area contributed by atoms with Gasteiger partial charge in [-0.3, -0.25) is 4.79 Å². The molecule has 24 heavy (non-hydrogen) atoms. The molecular formula is C18H27NO5. The van der Waals surface area contributed by atoms with E-state index in [-0.39, 0.29) is 11.5 Å². The van der Waals surface area contributed by atoms with E-state index in [4.69, 9.17) is 14.2 Å². The normalized spacial score (nSPS) is 13.0. The molecule has 1 aromatic carbocycles. The van der Waals surface area contributed by atoms with Gasteiger partial charge in [0.15, 0.2) is 0 Å². The van der Waals surface area contributed by atoms with E-state index in [1.54, 1.807) is 25.1 Å². The largest absolute Gasteiger partial charge is 0.493 e. The van der Waals surface area contributed by atoms with Crippen molar-refractivity contribution in [2.75, 3.05) is 25.6 Å². The SMILES string of the molecule is CCC[C@@](C)(OCC)C(=O)Nc1ccc(OCC)c(C(=O)OC)c1. The van der Waals surface area contributed by atoms with Crippen LogP contribution in [0.1, 0.15) is 50.9 Å². The number of ether oxygens (including phenoxy) is 3. The number of hydrogen-bond donors (Lipinski definition) is 1. The lowest BCUT2D eigenvalue weighted by Crippen LogP contribution is -2.42. The topological polar surface area (TPSA) is 73.9 Å². The van der Waals surface area contributed by atoms with E-state index in [1.165, 1.54) is 7.11 Å². The lowest BCUT2D eigenvalue weighted by atomic mass is 9.99. The molecule has 0 heterocycles. The second kappa shape index (κ2) is 9.27. The first-order valence-electron chi connectivity index (χ1n) is 8.22. The number of anilines is 1. The molecule has 0 saturated carbocycles. The molecule has 1 rings (SSSR count). The molecule has 1 aromatic rings. The Bertz CT molecular complexity index is 565. The predicted octanol–water partition coefficient (Wildman–Crippen LogP) is 3.41. The first-order chi connectivity index (χ1) is 11.4. The number of methoxy groups -OCH3 is 1. The smallest absolute Gasteiger partial charge is 0.341 e. The molecule has 0 aromatic heterocycles. The van der Waals surface area contributed by atoms with E-state index >= 15 is 0 Å². The fraction of sp³-hybridized carbons (Fsp3) is 0.556. The molecule has 0 unspecified atom stereocenters. The van der Waals surface area contributed by atoms with Gasteiger partial charge in [0.05, 0.1) is 13.7 Å². The van der Waals surface area contributed by atoms with Crippen LogP contribution in [0.25, 0.3) is 0 Å². The van der Waals surface area contributed by atoms with Gasteiger partial charge in [-0.1, -0.05) is 13.3 Å². The summed E-state index contributed by atoms with van der Waals surface area (Å²) in [6.45, 7) is 8.32. The van der Waals surface area contributed by atoms with Crippen LogP contribution in [0.4, 0.5) is 5.69 Å². The van der Waals surface area contributed by atoms with E-state index in [0.717, 1.165) is 6.42 Å². The van der Waals surface area contributed by atoms with E-state index < -0.39 is 11.6 Å². The average Bonchev–Trinajstić information content (AvgIpc) is 2.56. The quantitative estimate of drug-likeness (QED) is 0.699. The second-order valence-corrected chi connectivity index (χ2v) is 5.50. The lowest BCUT2D eigenvalue weighted by Gasteiger charge is -2.28. The van der Waals surface area contributed by atoms with Crippen LogP contribution in [0.2, 0.25) is 0 Å². The van der Waals surface area contributed by atoms with Crippen LogP contribution >= 0.6 is 0 Å². The van der Waals surface area contributed by atoms with E-state index in [0.29, 0.717) is 31.1 Å². The Balaban J connectivity index is 3.05. The summed E-state index contributed by atoms with van der Waals surface area (Å²) in [5.41, 5.74) is -0.148. The second-order valence-electron chi connectivity index (χ2n) is 5.50. The van der Waals surface area contributed by atoms with Gasteiger partial charge in [0.1, 0.15) is 16.9 Å². The van der Waals surface area contributed by atoms with Crippen molar-refractivity contribution in [2.24, 2.45) is 0 Å². The monoisotopic (exact) mass is 337 g/mol. The molecule has 0 spiro atoms. The third kappa shape index (κ3) is 4.96. The molecule has 1 atom stereocenters. The van der Waals surface area contributed by atoms with Gasteiger partial charge in [0.2, 0.25) is 0 Å². The summed E-state index contributed by atoms with van der Waals surface area (Å²) in [5, 5.41) is 2.81. The number of esters is 1. The standard InChI is InChI=1S/C18H27NO5/c1-6-11-18(4,24-8-3)17(21)19-13-9-10-15(23-7-2)14(12-13)16(20)22-5/h9-10,12H,6-8,11H2,1-5H3,(H,19,21)/t18-/m1/s1. The maximum Gasteiger partial charge on any atom is 0.341 e. The fourth-order valence-electron chi connectivity index (χ4n) is 2.47. The van der Waals surface area contributed by atoms with Crippen LogP contribution in [0.3, 0.4) is 0 Å². The Hall–Kier alpha value is -2.08. The number of carbonyl (C=O) groups excluding carboxylic acids is 2. The van der Waals surface area contributed by atoms with Crippen LogP contribution in [-0.2, 0) is 14.3 Å². The molecule has 0 saturated heterocycles. The highest BCUT2D eigenvalue weighted by molar-refractivity contribution is 5.99. The van der Waals surface area contributed by atoms with Gasteiger partial charge in [0.25, 0.3) is 5.91 Å². The number of rotatable bonds is 9. The van der Waals surface area contributed by atoms with Crippen molar-refractivity contribution < 1.29 is 23.8 Å². The average molecular weight is 337 g/mol. The molecule has 0 radical (unpaired) electrons. The van der Waals surface area contributed by atoms with E-state index in [1.807, 2.05) is 20.8 Å². The maximum absolute atomic E-state index is 12.6. The molecule has 0 fully saturated rings. The molecule has 6 nitrogen and oxygen atoms in total. The molecular weight excluding hydrogens is 310 g/mol. The number of benzene rings is 1.